The summed E-state index contributed by atoms with van der Waals surface area (Å²) in [5, 5.41) is 0. The number of carbonyl (C=O) groups excluding carboxylic acids is 1. The highest BCUT2D eigenvalue weighted by Gasteiger charge is 2.07. The van der Waals surface area contributed by atoms with Crippen molar-refractivity contribution < 1.29 is 4.79 Å². The van der Waals surface area contributed by atoms with Gasteiger partial charge in [-0.3, -0.25) is 4.79 Å². The van der Waals surface area contributed by atoms with Gasteiger partial charge in [0.15, 0.2) is 6.29 Å². The van der Waals surface area contributed by atoms with Crippen molar-refractivity contribution in [3.63, 3.8) is 0 Å². The van der Waals surface area contributed by atoms with E-state index in [2.05, 4.69) is 11.9 Å². The molecule has 0 spiro atoms. The number of hydrogen-bond donors (Lipinski definition) is 1. The molecule has 0 aliphatic heterocycles. The Kier molecular flexibility index (Phi) is 2.13. The van der Waals surface area contributed by atoms with Gasteiger partial charge in [-0.05, 0) is 38.3 Å². The molecule has 0 aliphatic carbocycles. The maximum absolute atomic E-state index is 10.5. The molecular formula is C9H12NO. The molecule has 59 valence electrons. The minimum absolute atomic E-state index is 0.682. The summed E-state index contributed by atoms with van der Waals surface area (Å²) in [6.45, 7) is 7.69. The van der Waals surface area contributed by atoms with Crippen LogP contribution in [0.5, 0.6) is 0 Å². The highest BCUT2D eigenvalue weighted by Crippen LogP contribution is 2.16. The van der Waals surface area contributed by atoms with E-state index in [4.69, 9.17) is 0 Å². The topological polar surface area (TPSA) is 32.9 Å². The lowest BCUT2D eigenvalue weighted by Gasteiger charge is -1.94. The van der Waals surface area contributed by atoms with Gasteiger partial charge in [-0.1, -0.05) is 0 Å². The number of nitrogens with one attached hydrogen (secondary N) is 1. The molecule has 1 N–H and O–H groups in total. The first-order chi connectivity index (χ1) is 5.20. The molecule has 1 heterocycles. The van der Waals surface area contributed by atoms with Gasteiger partial charge in [-0.25, -0.2) is 0 Å². The van der Waals surface area contributed by atoms with Gasteiger partial charge in [0.25, 0.3) is 0 Å². The molecule has 2 heteroatoms. The van der Waals surface area contributed by atoms with Gasteiger partial charge in [0, 0.05) is 5.69 Å². The molecule has 0 amide bonds. The van der Waals surface area contributed by atoms with Crippen LogP contribution in [0.4, 0.5) is 0 Å². The number of carbonyl (C=O) groups is 1. The van der Waals surface area contributed by atoms with E-state index in [-0.39, 0.29) is 0 Å². The van der Waals surface area contributed by atoms with Crippen molar-refractivity contribution in [2.24, 2.45) is 0 Å². The second-order valence-electron chi connectivity index (χ2n) is 2.64. The predicted molar refractivity (Wildman–Crippen MR) is 44.7 cm³/mol. The summed E-state index contributed by atoms with van der Waals surface area (Å²) in [7, 11) is 0. The van der Waals surface area contributed by atoms with Crippen LogP contribution >= 0.6 is 0 Å². The summed E-state index contributed by atoms with van der Waals surface area (Å²) in [5.41, 5.74) is 3.93. The van der Waals surface area contributed by atoms with Crippen molar-refractivity contribution in [2.75, 3.05) is 0 Å². The van der Waals surface area contributed by atoms with E-state index >= 15 is 0 Å². The van der Waals surface area contributed by atoms with Crippen LogP contribution < -0.4 is 0 Å². The van der Waals surface area contributed by atoms with Crippen LogP contribution in [0.2, 0.25) is 0 Å². The van der Waals surface area contributed by atoms with E-state index in [0.29, 0.717) is 5.69 Å². The molecule has 1 rings (SSSR count). The predicted octanol–water partition coefficient (Wildman–Crippen LogP) is 1.82. The fourth-order valence-electron chi connectivity index (χ4n) is 1.31. The summed E-state index contributed by atoms with van der Waals surface area (Å²) in [6.07, 6.45) is 1.59. The summed E-state index contributed by atoms with van der Waals surface area (Å²) < 4.78 is 0. The third kappa shape index (κ3) is 1.20. The SMILES string of the molecule is [CH2]Cc1c(C)[nH]c(C=O)c1C. The third-order valence-corrected chi connectivity index (χ3v) is 2.00. The van der Waals surface area contributed by atoms with Crippen LogP contribution in [0, 0.1) is 20.8 Å². The van der Waals surface area contributed by atoms with E-state index in [0.717, 1.165) is 29.5 Å². The number of hydrogen-bond acceptors (Lipinski definition) is 1. The Hall–Kier alpha value is -1.05. The molecule has 0 atom stereocenters. The van der Waals surface area contributed by atoms with E-state index in [1.165, 1.54) is 0 Å². The fourth-order valence-corrected chi connectivity index (χ4v) is 1.31. The summed E-state index contributed by atoms with van der Waals surface area (Å²) in [4.78, 5) is 13.5. The standard InChI is InChI=1S/C9H12NO/c1-4-8-6(2)9(5-11)10-7(8)3/h5,10H,1,4H2,2-3H3. The lowest BCUT2D eigenvalue weighted by atomic mass is 10.1. The summed E-state index contributed by atoms with van der Waals surface area (Å²) in [6, 6.07) is 0. The van der Waals surface area contributed by atoms with Crippen LogP contribution in [0.3, 0.4) is 0 Å². The molecule has 0 fully saturated rings. The van der Waals surface area contributed by atoms with Gasteiger partial charge in [0.05, 0.1) is 5.69 Å². The number of aldehydes is 1. The molecule has 1 aromatic heterocycles. The molecule has 0 saturated carbocycles. The number of aryl methyl sites for hydroxylation is 1. The molecule has 1 radical (unpaired) electrons. The molecule has 0 aliphatic rings. The minimum Gasteiger partial charge on any atom is -0.356 e. The third-order valence-electron chi connectivity index (χ3n) is 2.00. The Morgan fingerprint density at radius 3 is 2.45 bits per heavy atom. The average molecular weight is 150 g/mol. The highest BCUT2D eigenvalue weighted by atomic mass is 16.1. The smallest absolute Gasteiger partial charge is 0.166 e. The van der Waals surface area contributed by atoms with E-state index in [9.17, 15) is 4.79 Å². The van der Waals surface area contributed by atoms with Crippen LogP contribution in [0.25, 0.3) is 0 Å². The minimum atomic E-state index is 0.682. The van der Waals surface area contributed by atoms with Crippen molar-refractivity contribution in [3.8, 4) is 0 Å². The van der Waals surface area contributed by atoms with Crippen molar-refractivity contribution in [2.45, 2.75) is 20.3 Å². The zero-order valence-electron chi connectivity index (χ0n) is 6.90. The van der Waals surface area contributed by atoms with Crippen LogP contribution in [0.1, 0.15) is 27.3 Å². The Balaban J connectivity index is 3.24. The second-order valence-corrected chi connectivity index (χ2v) is 2.64. The Labute approximate surface area is 66.6 Å². The number of aromatic amines is 1. The monoisotopic (exact) mass is 150 g/mol. The molecule has 0 unspecified atom stereocenters. The molecule has 1 aromatic rings. The van der Waals surface area contributed by atoms with E-state index < -0.39 is 0 Å². The Morgan fingerprint density at radius 1 is 1.55 bits per heavy atom. The fraction of sp³-hybridized carbons (Fsp3) is 0.333. The molecule has 0 saturated heterocycles. The lowest BCUT2D eigenvalue weighted by molar-refractivity contribution is 0.111. The van der Waals surface area contributed by atoms with Crippen LogP contribution in [-0.4, -0.2) is 11.3 Å². The average Bonchev–Trinajstić information content (AvgIpc) is 2.26. The second kappa shape index (κ2) is 2.91. The van der Waals surface area contributed by atoms with Crippen molar-refractivity contribution >= 4 is 6.29 Å². The van der Waals surface area contributed by atoms with Crippen molar-refractivity contribution in [3.05, 3.63) is 29.4 Å². The van der Waals surface area contributed by atoms with Crippen LogP contribution in [0.15, 0.2) is 0 Å². The van der Waals surface area contributed by atoms with Crippen LogP contribution in [-0.2, 0) is 6.42 Å². The molecule has 11 heavy (non-hydrogen) atoms. The molecule has 2 nitrogen and oxygen atoms in total. The molecule has 0 aromatic carbocycles. The first kappa shape index (κ1) is 8.05. The maximum Gasteiger partial charge on any atom is 0.166 e. The van der Waals surface area contributed by atoms with E-state index in [1.807, 2.05) is 13.8 Å². The maximum atomic E-state index is 10.5. The molecule has 0 bridgehead atoms. The van der Waals surface area contributed by atoms with Crippen molar-refractivity contribution in [1.29, 1.82) is 0 Å². The number of rotatable bonds is 2. The summed E-state index contributed by atoms with van der Waals surface area (Å²) in [5.74, 6) is 0. The highest BCUT2D eigenvalue weighted by molar-refractivity contribution is 5.75. The lowest BCUT2D eigenvalue weighted by Crippen LogP contribution is -1.84. The largest absolute Gasteiger partial charge is 0.356 e. The Bertz CT molecular complexity index is 273. The van der Waals surface area contributed by atoms with Crippen molar-refractivity contribution in [1.82, 2.24) is 4.98 Å². The number of H-pyrrole nitrogens is 1. The number of aromatic nitrogens is 1. The van der Waals surface area contributed by atoms with Gasteiger partial charge < -0.3 is 4.98 Å². The van der Waals surface area contributed by atoms with Gasteiger partial charge >= 0.3 is 0 Å². The zero-order chi connectivity index (χ0) is 8.43. The van der Waals surface area contributed by atoms with E-state index in [1.54, 1.807) is 0 Å². The molecular weight excluding hydrogens is 138 g/mol. The zero-order valence-corrected chi connectivity index (χ0v) is 6.90. The van der Waals surface area contributed by atoms with Gasteiger partial charge in [0.1, 0.15) is 0 Å². The van der Waals surface area contributed by atoms with Gasteiger partial charge in [-0.15, -0.1) is 0 Å². The summed E-state index contributed by atoms with van der Waals surface area (Å²) >= 11 is 0. The first-order valence-electron chi connectivity index (χ1n) is 3.63. The Morgan fingerprint density at radius 2 is 2.18 bits per heavy atom. The first-order valence-corrected chi connectivity index (χ1v) is 3.63. The normalized spacial score (nSPS) is 10.1. The van der Waals surface area contributed by atoms with Gasteiger partial charge in [-0.2, -0.15) is 0 Å². The van der Waals surface area contributed by atoms with Gasteiger partial charge in [0.2, 0.25) is 0 Å². The quantitative estimate of drug-likeness (QED) is 0.641.